The minimum absolute atomic E-state index is 0.190. The van der Waals surface area contributed by atoms with E-state index in [2.05, 4.69) is 4.98 Å². The number of hydrogen-bond acceptors (Lipinski definition) is 3. The van der Waals surface area contributed by atoms with E-state index in [0.29, 0.717) is 18.0 Å². The molecule has 0 bridgehead atoms. The van der Waals surface area contributed by atoms with Gasteiger partial charge in [0.2, 0.25) is 0 Å². The predicted molar refractivity (Wildman–Crippen MR) is 65.6 cm³/mol. The van der Waals surface area contributed by atoms with Gasteiger partial charge in [0.1, 0.15) is 11.7 Å². The molecule has 1 aromatic heterocycles. The second kappa shape index (κ2) is 5.35. The zero-order valence-electron chi connectivity index (χ0n) is 9.67. The van der Waals surface area contributed by atoms with E-state index in [9.17, 15) is 9.59 Å². The highest BCUT2D eigenvalue weighted by atomic mass is 35.5. The van der Waals surface area contributed by atoms with Crippen LogP contribution in [0, 0.1) is 0 Å². The third kappa shape index (κ3) is 2.61. The van der Waals surface area contributed by atoms with Crippen molar-refractivity contribution in [1.29, 1.82) is 0 Å². The number of amides is 1. The summed E-state index contributed by atoms with van der Waals surface area (Å²) < 4.78 is 0. The summed E-state index contributed by atoms with van der Waals surface area (Å²) in [4.78, 5) is 28.6. The van der Waals surface area contributed by atoms with E-state index in [1.165, 1.54) is 17.2 Å². The van der Waals surface area contributed by atoms with Crippen molar-refractivity contribution in [2.45, 2.75) is 25.3 Å². The molecule has 1 fully saturated rings. The standard InChI is InChI=1S/C12H13ClN2O3/c13-8-4-5-14-9(7-8)11(16)15-6-2-1-3-10(15)12(17)18/h4-5,7,10H,1-3,6H2,(H,17,18)/t10-/m1/s1. The number of likely N-dealkylation sites (tertiary alicyclic amines) is 1. The molecule has 0 saturated carbocycles. The van der Waals surface area contributed by atoms with E-state index >= 15 is 0 Å². The van der Waals surface area contributed by atoms with Crippen LogP contribution in [0.1, 0.15) is 29.8 Å². The fraction of sp³-hybridized carbons (Fsp3) is 0.417. The zero-order chi connectivity index (χ0) is 13.1. The second-order valence-corrected chi connectivity index (χ2v) is 4.64. The molecule has 0 spiro atoms. The summed E-state index contributed by atoms with van der Waals surface area (Å²) in [6, 6.07) is 2.27. The number of halogens is 1. The fourth-order valence-corrected chi connectivity index (χ4v) is 2.26. The van der Waals surface area contributed by atoms with Crippen molar-refractivity contribution in [3.05, 3.63) is 29.0 Å². The van der Waals surface area contributed by atoms with Crippen molar-refractivity contribution in [2.24, 2.45) is 0 Å². The Morgan fingerprint density at radius 1 is 1.44 bits per heavy atom. The lowest BCUT2D eigenvalue weighted by Crippen LogP contribution is -2.48. The Hall–Kier alpha value is -1.62. The Morgan fingerprint density at radius 2 is 2.22 bits per heavy atom. The highest BCUT2D eigenvalue weighted by molar-refractivity contribution is 6.30. The Labute approximate surface area is 109 Å². The lowest BCUT2D eigenvalue weighted by atomic mass is 10.0. The minimum Gasteiger partial charge on any atom is -0.480 e. The topological polar surface area (TPSA) is 70.5 Å². The van der Waals surface area contributed by atoms with Gasteiger partial charge in [0, 0.05) is 17.8 Å². The van der Waals surface area contributed by atoms with Crippen LogP contribution in [0.5, 0.6) is 0 Å². The summed E-state index contributed by atoms with van der Waals surface area (Å²) >= 11 is 5.80. The molecule has 96 valence electrons. The van der Waals surface area contributed by atoms with E-state index in [1.54, 1.807) is 6.07 Å². The highest BCUT2D eigenvalue weighted by Crippen LogP contribution is 2.20. The highest BCUT2D eigenvalue weighted by Gasteiger charge is 2.32. The number of rotatable bonds is 2. The molecule has 1 saturated heterocycles. The molecule has 0 unspecified atom stereocenters. The number of carboxylic acids is 1. The summed E-state index contributed by atoms with van der Waals surface area (Å²) in [6.45, 7) is 0.448. The molecule has 1 aliphatic heterocycles. The maximum Gasteiger partial charge on any atom is 0.326 e. The molecule has 0 aromatic carbocycles. The number of hydrogen-bond donors (Lipinski definition) is 1. The molecular formula is C12H13ClN2O3. The van der Waals surface area contributed by atoms with Gasteiger partial charge in [-0.05, 0) is 31.4 Å². The number of carbonyl (C=O) groups is 2. The molecule has 1 amide bonds. The van der Waals surface area contributed by atoms with Crippen LogP contribution in [0.3, 0.4) is 0 Å². The molecular weight excluding hydrogens is 256 g/mol. The van der Waals surface area contributed by atoms with Crippen molar-refractivity contribution in [2.75, 3.05) is 6.54 Å². The number of carboxylic acid groups (broad SMARTS) is 1. The lowest BCUT2D eigenvalue weighted by molar-refractivity contribution is -0.143. The van der Waals surface area contributed by atoms with Gasteiger partial charge in [0.15, 0.2) is 0 Å². The number of piperidine rings is 1. The van der Waals surface area contributed by atoms with Crippen molar-refractivity contribution in [3.8, 4) is 0 Å². The van der Waals surface area contributed by atoms with Gasteiger partial charge in [0.25, 0.3) is 5.91 Å². The lowest BCUT2D eigenvalue weighted by Gasteiger charge is -2.32. The average Bonchev–Trinajstić information content (AvgIpc) is 2.38. The van der Waals surface area contributed by atoms with E-state index in [4.69, 9.17) is 16.7 Å². The van der Waals surface area contributed by atoms with Crippen LogP contribution in [0.15, 0.2) is 18.3 Å². The van der Waals surface area contributed by atoms with Crippen LogP contribution in [-0.4, -0.2) is 39.5 Å². The van der Waals surface area contributed by atoms with Crippen molar-refractivity contribution in [3.63, 3.8) is 0 Å². The second-order valence-electron chi connectivity index (χ2n) is 4.21. The summed E-state index contributed by atoms with van der Waals surface area (Å²) in [5.74, 6) is -1.34. The van der Waals surface area contributed by atoms with Crippen molar-refractivity contribution in [1.82, 2.24) is 9.88 Å². The first kappa shape index (κ1) is 12.8. The van der Waals surface area contributed by atoms with E-state index in [-0.39, 0.29) is 11.6 Å². The number of carbonyl (C=O) groups excluding carboxylic acids is 1. The molecule has 1 atom stereocenters. The predicted octanol–water partition coefficient (Wildman–Crippen LogP) is 1.81. The fourth-order valence-electron chi connectivity index (χ4n) is 2.10. The zero-order valence-corrected chi connectivity index (χ0v) is 10.4. The molecule has 18 heavy (non-hydrogen) atoms. The van der Waals surface area contributed by atoms with Gasteiger partial charge < -0.3 is 10.0 Å². The maximum absolute atomic E-state index is 12.2. The van der Waals surface area contributed by atoms with Crippen LogP contribution in [0.25, 0.3) is 0 Å². The molecule has 5 nitrogen and oxygen atoms in total. The minimum atomic E-state index is -0.968. The van der Waals surface area contributed by atoms with Crippen LogP contribution < -0.4 is 0 Å². The molecule has 1 aliphatic rings. The molecule has 6 heteroatoms. The van der Waals surface area contributed by atoms with Crippen LogP contribution in [0.2, 0.25) is 5.02 Å². The number of nitrogens with zero attached hydrogens (tertiary/aromatic N) is 2. The first-order valence-electron chi connectivity index (χ1n) is 5.75. The van der Waals surface area contributed by atoms with Crippen molar-refractivity contribution < 1.29 is 14.7 Å². The Balaban J connectivity index is 2.23. The smallest absolute Gasteiger partial charge is 0.326 e. The van der Waals surface area contributed by atoms with Gasteiger partial charge in [-0.25, -0.2) is 4.79 Å². The quantitative estimate of drug-likeness (QED) is 0.888. The summed E-state index contributed by atoms with van der Waals surface area (Å²) in [5, 5.41) is 9.53. The monoisotopic (exact) mass is 268 g/mol. The van der Waals surface area contributed by atoms with Gasteiger partial charge in [-0.1, -0.05) is 11.6 Å². The largest absolute Gasteiger partial charge is 0.480 e. The average molecular weight is 269 g/mol. The first-order valence-corrected chi connectivity index (χ1v) is 6.12. The molecule has 2 rings (SSSR count). The van der Waals surface area contributed by atoms with Gasteiger partial charge in [-0.3, -0.25) is 9.78 Å². The Kier molecular flexibility index (Phi) is 3.81. The number of pyridine rings is 1. The van der Waals surface area contributed by atoms with E-state index in [0.717, 1.165) is 12.8 Å². The Morgan fingerprint density at radius 3 is 2.89 bits per heavy atom. The molecule has 0 aliphatic carbocycles. The molecule has 0 radical (unpaired) electrons. The van der Waals surface area contributed by atoms with E-state index in [1.807, 2.05) is 0 Å². The van der Waals surface area contributed by atoms with Crippen LogP contribution in [0.4, 0.5) is 0 Å². The normalized spacial score (nSPS) is 19.6. The molecule has 1 N–H and O–H groups in total. The SMILES string of the molecule is O=C(O)[C@H]1CCCCN1C(=O)c1cc(Cl)ccn1. The van der Waals surface area contributed by atoms with E-state index < -0.39 is 12.0 Å². The number of aromatic nitrogens is 1. The maximum atomic E-state index is 12.2. The summed E-state index contributed by atoms with van der Waals surface area (Å²) in [5.41, 5.74) is 0.190. The van der Waals surface area contributed by atoms with Crippen LogP contribution in [-0.2, 0) is 4.79 Å². The summed E-state index contributed by atoms with van der Waals surface area (Å²) in [6.07, 6.45) is 3.57. The van der Waals surface area contributed by atoms with Gasteiger partial charge in [0.05, 0.1) is 0 Å². The van der Waals surface area contributed by atoms with Crippen molar-refractivity contribution >= 4 is 23.5 Å². The molecule has 1 aromatic rings. The summed E-state index contributed by atoms with van der Waals surface area (Å²) in [7, 11) is 0. The first-order chi connectivity index (χ1) is 8.59. The molecule has 2 heterocycles. The number of aliphatic carboxylic acids is 1. The van der Waals surface area contributed by atoms with Gasteiger partial charge in [-0.2, -0.15) is 0 Å². The Bertz CT molecular complexity index is 478. The third-order valence-corrected chi connectivity index (χ3v) is 3.22. The van der Waals surface area contributed by atoms with Crippen LogP contribution >= 0.6 is 11.6 Å². The third-order valence-electron chi connectivity index (χ3n) is 2.99. The van der Waals surface area contributed by atoms with Gasteiger partial charge >= 0.3 is 5.97 Å². The van der Waals surface area contributed by atoms with Gasteiger partial charge in [-0.15, -0.1) is 0 Å².